The van der Waals surface area contributed by atoms with Crippen LogP contribution in [0.15, 0.2) is 24.7 Å². The number of H-pyrrole nitrogens is 1. The Balaban J connectivity index is 1.69. The molecule has 1 saturated heterocycles. The van der Waals surface area contributed by atoms with E-state index in [-0.39, 0.29) is 29.9 Å². The van der Waals surface area contributed by atoms with Crippen LogP contribution in [0.25, 0.3) is 0 Å². The molecule has 0 aliphatic carbocycles. The highest BCUT2D eigenvalue weighted by atomic mass is 16.2. The molecule has 3 N–H and O–H groups in total. The Hall–Kier alpha value is -2.68. The van der Waals surface area contributed by atoms with E-state index in [1.54, 1.807) is 12.3 Å². The fourth-order valence-corrected chi connectivity index (χ4v) is 3.37. The third-order valence-corrected chi connectivity index (χ3v) is 4.71. The lowest BCUT2D eigenvalue weighted by molar-refractivity contribution is -0.125. The second-order valence-electron chi connectivity index (χ2n) is 7.14. The largest absolute Gasteiger partial charge is 0.355 e. The van der Waals surface area contributed by atoms with Gasteiger partial charge in [-0.15, -0.1) is 0 Å². The molecule has 2 atom stereocenters. The molecule has 1 aliphatic rings. The van der Waals surface area contributed by atoms with Crippen LogP contribution < -0.4 is 10.6 Å². The maximum atomic E-state index is 12.5. The molecule has 0 aromatic carbocycles. The number of rotatable bonds is 7. The van der Waals surface area contributed by atoms with E-state index >= 15 is 0 Å². The van der Waals surface area contributed by atoms with Crippen molar-refractivity contribution in [3.8, 4) is 0 Å². The zero-order valence-corrected chi connectivity index (χ0v) is 16.0. The number of likely N-dealkylation sites (N-methyl/N-ethyl adjacent to an activating group) is 1. The Morgan fingerprint density at radius 2 is 2.22 bits per heavy atom. The molecular weight excluding hydrogens is 346 g/mol. The van der Waals surface area contributed by atoms with Crippen LogP contribution in [-0.4, -0.2) is 61.9 Å². The van der Waals surface area contributed by atoms with Crippen molar-refractivity contribution in [2.75, 3.05) is 13.1 Å². The summed E-state index contributed by atoms with van der Waals surface area (Å²) in [6.07, 6.45) is 5.96. The van der Waals surface area contributed by atoms with Gasteiger partial charge in [0.2, 0.25) is 5.91 Å². The van der Waals surface area contributed by atoms with Gasteiger partial charge in [0.15, 0.2) is 0 Å². The van der Waals surface area contributed by atoms with Gasteiger partial charge in [-0.1, -0.05) is 0 Å². The molecule has 1 fully saturated rings. The Morgan fingerprint density at radius 1 is 1.41 bits per heavy atom. The van der Waals surface area contributed by atoms with E-state index in [0.29, 0.717) is 31.7 Å². The van der Waals surface area contributed by atoms with Gasteiger partial charge in [0.25, 0.3) is 5.91 Å². The number of aromatic nitrogens is 4. The molecule has 0 radical (unpaired) electrons. The van der Waals surface area contributed by atoms with Crippen molar-refractivity contribution in [3.05, 3.63) is 35.9 Å². The van der Waals surface area contributed by atoms with Crippen LogP contribution in [0.5, 0.6) is 0 Å². The summed E-state index contributed by atoms with van der Waals surface area (Å²) < 4.78 is 1.91. The standard InChI is InChI=1S/C18H27N7O2/c1-4-19-18(27)16-7-14(22-17(26)15-5-6-20-23-15)11-24(16)9-13-8-21-25(10-13)12(2)3/h5-6,8,10,12,14,16H,4,7,9,11H2,1-3H3,(H,19,27)(H,20,23)(H,22,26)/t14-,16-/m0/s1. The van der Waals surface area contributed by atoms with Crippen molar-refractivity contribution in [1.82, 2.24) is 35.5 Å². The normalized spacial score (nSPS) is 20.1. The highest BCUT2D eigenvalue weighted by molar-refractivity contribution is 5.92. The Kier molecular flexibility index (Phi) is 5.90. The van der Waals surface area contributed by atoms with Crippen LogP contribution in [0.4, 0.5) is 0 Å². The Morgan fingerprint density at radius 3 is 2.85 bits per heavy atom. The lowest BCUT2D eigenvalue weighted by Gasteiger charge is -2.22. The fourth-order valence-electron chi connectivity index (χ4n) is 3.37. The average Bonchev–Trinajstić information content (AvgIpc) is 3.36. The van der Waals surface area contributed by atoms with Crippen molar-refractivity contribution in [1.29, 1.82) is 0 Å². The van der Waals surface area contributed by atoms with Gasteiger partial charge in [-0.25, -0.2) is 0 Å². The van der Waals surface area contributed by atoms with Gasteiger partial charge in [0, 0.05) is 49.7 Å². The first-order valence-corrected chi connectivity index (χ1v) is 9.33. The number of carbonyl (C=O) groups excluding carboxylic acids is 2. The van der Waals surface area contributed by atoms with E-state index < -0.39 is 0 Å². The van der Waals surface area contributed by atoms with Gasteiger partial charge in [-0.2, -0.15) is 10.2 Å². The summed E-state index contributed by atoms with van der Waals surface area (Å²) in [5, 5.41) is 16.7. The number of carbonyl (C=O) groups is 2. The van der Waals surface area contributed by atoms with Crippen molar-refractivity contribution < 1.29 is 9.59 Å². The quantitative estimate of drug-likeness (QED) is 0.662. The lowest BCUT2D eigenvalue weighted by atomic mass is 10.1. The summed E-state index contributed by atoms with van der Waals surface area (Å²) in [7, 11) is 0. The van der Waals surface area contributed by atoms with E-state index in [9.17, 15) is 9.59 Å². The van der Waals surface area contributed by atoms with Crippen molar-refractivity contribution >= 4 is 11.8 Å². The number of amides is 2. The highest BCUT2D eigenvalue weighted by Gasteiger charge is 2.37. The van der Waals surface area contributed by atoms with E-state index in [0.717, 1.165) is 5.56 Å². The Labute approximate surface area is 158 Å². The molecule has 1 aliphatic heterocycles. The maximum absolute atomic E-state index is 12.5. The van der Waals surface area contributed by atoms with Crippen molar-refractivity contribution in [2.45, 2.75) is 51.9 Å². The molecule has 9 heteroatoms. The summed E-state index contributed by atoms with van der Waals surface area (Å²) in [4.78, 5) is 26.9. The molecule has 0 unspecified atom stereocenters. The van der Waals surface area contributed by atoms with E-state index in [4.69, 9.17) is 0 Å². The number of nitrogens with one attached hydrogen (secondary N) is 3. The molecule has 0 bridgehead atoms. The predicted octanol–water partition coefficient (Wildman–Crippen LogP) is 0.696. The van der Waals surface area contributed by atoms with Crippen LogP contribution >= 0.6 is 0 Å². The van der Waals surface area contributed by atoms with Gasteiger partial charge in [0.1, 0.15) is 5.69 Å². The first-order valence-electron chi connectivity index (χ1n) is 9.33. The van der Waals surface area contributed by atoms with Gasteiger partial charge in [-0.3, -0.25) is 24.3 Å². The molecule has 146 valence electrons. The number of aromatic amines is 1. The zero-order valence-electron chi connectivity index (χ0n) is 16.0. The summed E-state index contributed by atoms with van der Waals surface area (Å²) in [6, 6.07) is 1.54. The smallest absolute Gasteiger partial charge is 0.269 e. The van der Waals surface area contributed by atoms with Crippen LogP contribution in [0.2, 0.25) is 0 Å². The SMILES string of the molecule is CCNC(=O)[C@@H]1C[C@H](NC(=O)c2ccn[nH]2)CN1Cc1cnn(C(C)C)c1. The number of nitrogens with zero attached hydrogens (tertiary/aromatic N) is 4. The summed E-state index contributed by atoms with van der Waals surface area (Å²) in [5.41, 5.74) is 1.47. The number of hydrogen-bond donors (Lipinski definition) is 3. The molecule has 2 aromatic heterocycles. The minimum Gasteiger partial charge on any atom is -0.355 e. The fraction of sp³-hybridized carbons (Fsp3) is 0.556. The first kappa shape index (κ1) is 19.1. The molecule has 3 rings (SSSR count). The highest BCUT2D eigenvalue weighted by Crippen LogP contribution is 2.21. The van der Waals surface area contributed by atoms with Crippen LogP contribution in [0, 0.1) is 0 Å². The molecule has 3 heterocycles. The molecule has 2 amide bonds. The first-order chi connectivity index (χ1) is 13.0. The van der Waals surface area contributed by atoms with Crippen molar-refractivity contribution in [3.63, 3.8) is 0 Å². The number of hydrogen-bond acceptors (Lipinski definition) is 5. The lowest BCUT2D eigenvalue weighted by Crippen LogP contribution is -2.42. The zero-order chi connectivity index (χ0) is 19.4. The second kappa shape index (κ2) is 8.34. The van der Waals surface area contributed by atoms with Gasteiger partial charge in [-0.05, 0) is 33.3 Å². The van der Waals surface area contributed by atoms with E-state index in [1.165, 1.54) is 0 Å². The minimum atomic E-state index is -0.278. The predicted molar refractivity (Wildman–Crippen MR) is 100.0 cm³/mol. The summed E-state index contributed by atoms with van der Waals surface area (Å²) in [5.74, 6) is -0.214. The molecule has 0 spiro atoms. The van der Waals surface area contributed by atoms with E-state index in [2.05, 4.69) is 44.7 Å². The third kappa shape index (κ3) is 4.54. The summed E-state index contributed by atoms with van der Waals surface area (Å²) in [6.45, 7) is 7.86. The van der Waals surface area contributed by atoms with Gasteiger partial charge < -0.3 is 10.6 Å². The average molecular weight is 373 g/mol. The molecule has 9 nitrogen and oxygen atoms in total. The van der Waals surface area contributed by atoms with Gasteiger partial charge >= 0.3 is 0 Å². The summed E-state index contributed by atoms with van der Waals surface area (Å²) >= 11 is 0. The Bertz CT molecular complexity index is 769. The minimum absolute atomic E-state index is 0.00737. The maximum Gasteiger partial charge on any atom is 0.269 e. The second-order valence-corrected chi connectivity index (χ2v) is 7.14. The molecule has 0 saturated carbocycles. The van der Waals surface area contributed by atoms with Crippen LogP contribution in [0.3, 0.4) is 0 Å². The molecule has 2 aromatic rings. The van der Waals surface area contributed by atoms with Gasteiger partial charge in [0.05, 0.1) is 12.2 Å². The van der Waals surface area contributed by atoms with Crippen molar-refractivity contribution in [2.24, 2.45) is 0 Å². The third-order valence-electron chi connectivity index (χ3n) is 4.71. The van der Waals surface area contributed by atoms with E-state index in [1.807, 2.05) is 24.0 Å². The van der Waals surface area contributed by atoms with Crippen LogP contribution in [0.1, 0.15) is 49.3 Å². The van der Waals surface area contributed by atoms with Crippen LogP contribution in [-0.2, 0) is 11.3 Å². The molecular formula is C18H27N7O2. The topological polar surface area (TPSA) is 108 Å². The monoisotopic (exact) mass is 373 g/mol. The number of likely N-dealkylation sites (tertiary alicyclic amines) is 1. The molecule has 27 heavy (non-hydrogen) atoms.